The third kappa shape index (κ3) is 1.93. The van der Waals surface area contributed by atoms with Gasteiger partial charge in [-0.1, -0.05) is 30.3 Å². The molecule has 3 atom stereocenters. The summed E-state index contributed by atoms with van der Waals surface area (Å²) < 4.78 is 13.4. The predicted octanol–water partition coefficient (Wildman–Crippen LogP) is 4.29. The van der Waals surface area contributed by atoms with Crippen molar-refractivity contribution >= 4 is 5.78 Å². The number of benzene rings is 2. The molecular weight excluding hydrogens is 263 g/mol. The van der Waals surface area contributed by atoms with E-state index in [0.717, 1.165) is 18.4 Å². The molecule has 1 fully saturated rings. The molecule has 0 saturated heterocycles. The minimum absolute atomic E-state index is 0.0501. The summed E-state index contributed by atoms with van der Waals surface area (Å²) in [7, 11) is 0. The van der Waals surface area contributed by atoms with Crippen LogP contribution in [-0.2, 0) is 6.42 Å². The quantitative estimate of drug-likeness (QED) is 0.750. The van der Waals surface area contributed by atoms with E-state index in [4.69, 9.17) is 0 Å². The zero-order valence-corrected chi connectivity index (χ0v) is 12.0. The zero-order chi connectivity index (χ0) is 14.6. The molecule has 2 aromatic carbocycles. The molecule has 1 nitrogen and oxygen atoms in total. The van der Waals surface area contributed by atoms with Crippen molar-refractivity contribution < 1.29 is 9.18 Å². The lowest BCUT2D eigenvalue weighted by molar-refractivity contribution is 0.0958. The van der Waals surface area contributed by atoms with Crippen LogP contribution in [0.25, 0.3) is 0 Å². The molecule has 2 aliphatic rings. The first-order valence-electron chi connectivity index (χ1n) is 7.55. The summed E-state index contributed by atoms with van der Waals surface area (Å²) in [4.78, 5) is 12.8. The molecule has 0 N–H and O–H groups in total. The Bertz CT molecular complexity index is 734. The van der Waals surface area contributed by atoms with Crippen molar-refractivity contribution in [3.05, 3.63) is 70.5 Å². The summed E-state index contributed by atoms with van der Waals surface area (Å²) in [5.41, 5.74) is 4.15. The van der Waals surface area contributed by atoms with E-state index < -0.39 is 0 Å². The van der Waals surface area contributed by atoms with E-state index in [2.05, 4.69) is 24.3 Å². The topological polar surface area (TPSA) is 17.1 Å². The Hall–Kier alpha value is -1.96. The molecule has 2 heteroatoms. The number of ketones is 1. The van der Waals surface area contributed by atoms with E-state index in [-0.39, 0.29) is 17.5 Å². The molecular formula is C19H17FO. The van der Waals surface area contributed by atoms with Gasteiger partial charge in [0, 0.05) is 11.5 Å². The standard InChI is InChI=1S/C19H17FO/c1-11-6-8-13(20)10-16(11)19(21)18-15-9-7-12-4-2-3-5-14(12)17(15)18/h2-6,8,10,15,17-18H,7,9H2,1H3. The van der Waals surface area contributed by atoms with Gasteiger partial charge < -0.3 is 0 Å². The molecule has 0 heterocycles. The molecule has 0 spiro atoms. The van der Waals surface area contributed by atoms with Crippen LogP contribution in [0.4, 0.5) is 4.39 Å². The lowest BCUT2D eigenvalue weighted by Gasteiger charge is -2.13. The maximum absolute atomic E-state index is 13.4. The fourth-order valence-electron chi connectivity index (χ4n) is 3.96. The highest BCUT2D eigenvalue weighted by Gasteiger charge is 2.56. The highest BCUT2D eigenvalue weighted by molar-refractivity contribution is 6.02. The zero-order valence-electron chi connectivity index (χ0n) is 12.0. The SMILES string of the molecule is Cc1ccc(F)cc1C(=O)C1C2CCc3ccccc3C21. The average molecular weight is 280 g/mol. The van der Waals surface area contributed by atoms with Gasteiger partial charge in [0.05, 0.1) is 0 Å². The number of carbonyl (C=O) groups is 1. The molecule has 2 aliphatic carbocycles. The lowest BCUT2D eigenvalue weighted by atomic mass is 9.92. The molecule has 1 saturated carbocycles. The predicted molar refractivity (Wildman–Crippen MR) is 80.0 cm³/mol. The minimum Gasteiger partial charge on any atom is -0.294 e. The number of carbonyl (C=O) groups excluding carboxylic acids is 1. The van der Waals surface area contributed by atoms with Crippen LogP contribution in [0.15, 0.2) is 42.5 Å². The van der Waals surface area contributed by atoms with Crippen molar-refractivity contribution in [3.8, 4) is 0 Å². The maximum atomic E-state index is 13.4. The van der Waals surface area contributed by atoms with Crippen LogP contribution in [0.2, 0.25) is 0 Å². The van der Waals surface area contributed by atoms with Crippen LogP contribution in [0.1, 0.15) is 39.4 Å². The number of halogens is 1. The third-order valence-corrected chi connectivity index (χ3v) is 5.10. The Morgan fingerprint density at radius 1 is 1.19 bits per heavy atom. The smallest absolute Gasteiger partial charge is 0.167 e. The van der Waals surface area contributed by atoms with E-state index in [1.165, 1.54) is 23.3 Å². The van der Waals surface area contributed by atoms with Crippen molar-refractivity contribution in [1.29, 1.82) is 0 Å². The molecule has 0 amide bonds. The average Bonchev–Trinajstić information content (AvgIpc) is 3.24. The van der Waals surface area contributed by atoms with Gasteiger partial charge in [0.2, 0.25) is 0 Å². The Kier molecular flexibility index (Phi) is 2.75. The summed E-state index contributed by atoms with van der Waals surface area (Å²) in [6.07, 6.45) is 2.13. The first-order chi connectivity index (χ1) is 10.2. The van der Waals surface area contributed by atoms with Gasteiger partial charge in [-0.05, 0) is 60.4 Å². The third-order valence-electron chi connectivity index (χ3n) is 5.10. The number of Topliss-reactive ketones (excluding diaryl/α,β-unsaturated/α-hetero) is 1. The van der Waals surface area contributed by atoms with Crippen molar-refractivity contribution in [1.82, 2.24) is 0 Å². The first kappa shape index (κ1) is 12.8. The van der Waals surface area contributed by atoms with Crippen LogP contribution in [0.5, 0.6) is 0 Å². The van der Waals surface area contributed by atoms with Gasteiger partial charge in [-0.3, -0.25) is 4.79 Å². The van der Waals surface area contributed by atoms with Crippen LogP contribution in [-0.4, -0.2) is 5.78 Å². The van der Waals surface area contributed by atoms with Crippen LogP contribution in [0, 0.1) is 24.6 Å². The fraction of sp³-hybridized carbons (Fsp3) is 0.316. The number of fused-ring (bicyclic) bond motifs is 3. The van der Waals surface area contributed by atoms with E-state index in [0.29, 0.717) is 17.4 Å². The van der Waals surface area contributed by atoms with Crippen molar-refractivity contribution in [2.45, 2.75) is 25.7 Å². The van der Waals surface area contributed by atoms with Crippen molar-refractivity contribution in [2.24, 2.45) is 11.8 Å². The van der Waals surface area contributed by atoms with Gasteiger partial charge in [0.25, 0.3) is 0 Å². The number of hydrogen-bond donors (Lipinski definition) is 0. The summed E-state index contributed by atoms with van der Waals surface area (Å²) in [5, 5.41) is 0. The Morgan fingerprint density at radius 3 is 2.86 bits per heavy atom. The summed E-state index contributed by atoms with van der Waals surface area (Å²) in [6, 6.07) is 12.9. The molecule has 0 bridgehead atoms. The highest BCUT2D eigenvalue weighted by atomic mass is 19.1. The minimum atomic E-state index is -0.326. The van der Waals surface area contributed by atoms with Crippen LogP contribution >= 0.6 is 0 Å². The van der Waals surface area contributed by atoms with Crippen molar-refractivity contribution in [3.63, 3.8) is 0 Å². The Balaban J connectivity index is 1.68. The lowest BCUT2D eigenvalue weighted by Crippen LogP contribution is -2.07. The van der Waals surface area contributed by atoms with Gasteiger partial charge in [-0.25, -0.2) is 4.39 Å². The van der Waals surface area contributed by atoms with Crippen molar-refractivity contribution in [2.75, 3.05) is 0 Å². The number of aryl methyl sites for hydroxylation is 2. The second-order valence-corrected chi connectivity index (χ2v) is 6.28. The van der Waals surface area contributed by atoms with E-state index in [9.17, 15) is 9.18 Å². The Morgan fingerprint density at radius 2 is 2.00 bits per heavy atom. The largest absolute Gasteiger partial charge is 0.294 e. The van der Waals surface area contributed by atoms with Gasteiger partial charge in [0.15, 0.2) is 5.78 Å². The van der Waals surface area contributed by atoms with E-state index in [1.54, 1.807) is 6.07 Å². The monoisotopic (exact) mass is 280 g/mol. The van der Waals surface area contributed by atoms with Crippen LogP contribution < -0.4 is 0 Å². The van der Waals surface area contributed by atoms with Gasteiger partial charge in [-0.15, -0.1) is 0 Å². The fourth-order valence-corrected chi connectivity index (χ4v) is 3.96. The molecule has 0 radical (unpaired) electrons. The first-order valence-corrected chi connectivity index (χ1v) is 7.55. The summed E-state index contributed by atoms with van der Waals surface area (Å²) in [5.74, 6) is 0.654. The van der Waals surface area contributed by atoms with Gasteiger partial charge in [0.1, 0.15) is 5.82 Å². The van der Waals surface area contributed by atoms with Gasteiger partial charge in [-0.2, -0.15) is 0 Å². The molecule has 21 heavy (non-hydrogen) atoms. The summed E-state index contributed by atoms with van der Waals surface area (Å²) in [6.45, 7) is 1.88. The summed E-state index contributed by atoms with van der Waals surface area (Å²) >= 11 is 0. The number of hydrogen-bond acceptors (Lipinski definition) is 1. The molecule has 2 aromatic rings. The normalized spacial score (nSPS) is 25.9. The van der Waals surface area contributed by atoms with E-state index in [1.807, 2.05) is 6.92 Å². The van der Waals surface area contributed by atoms with E-state index >= 15 is 0 Å². The molecule has 4 rings (SSSR count). The van der Waals surface area contributed by atoms with Gasteiger partial charge >= 0.3 is 0 Å². The molecule has 3 unspecified atom stereocenters. The number of rotatable bonds is 2. The Labute approximate surface area is 123 Å². The maximum Gasteiger partial charge on any atom is 0.167 e. The second kappa shape index (κ2) is 4.52. The highest BCUT2D eigenvalue weighted by Crippen LogP contribution is 2.60. The molecule has 0 aromatic heterocycles. The van der Waals surface area contributed by atoms with Crippen LogP contribution in [0.3, 0.4) is 0 Å². The molecule has 106 valence electrons. The second-order valence-electron chi connectivity index (χ2n) is 6.28. The molecule has 0 aliphatic heterocycles.